The number of rotatable bonds is 7. The average Bonchev–Trinajstić information content (AvgIpc) is 3.31. The van der Waals surface area contributed by atoms with Crippen molar-refractivity contribution >= 4 is 40.5 Å². The molecule has 0 aliphatic carbocycles. The molecule has 11 nitrogen and oxygen atoms in total. The van der Waals surface area contributed by atoms with Crippen molar-refractivity contribution in [2.45, 2.75) is 17.5 Å². The van der Waals surface area contributed by atoms with Gasteiger partial charge in [-0.15, -0.1) is 0 Å². The van der Waals surface area contributed by atoms with Crippen LogP contribution in [0.2, 0.25) is 0 Å². The first kappa shape index (κ1) is 22.3. The van der Waals surface area contributed by atoms with Crippen molar-refractivity contribution in [1.82, 2.24) is 24.5 Å². The molecule has 0 saturated carbocycles. The van der Waals surface area contributed by atoms with Crippen molar-refractivity contribution < 1.29 is 13.9 Å². The number of thioether (sulfide) groups is 1. The Morgan fingerprint density at radius 1 is 1.21 bits per heavy atom. The first-order valence-corrected chi connectivity index (χ1v) is 10.8. The molecule has 0 amide bonds. The molecular weight excluding hydrogens is 446 g/mol. The van der Waals surface area contributed by atoms with Crippen LogP contribution in [0.1, 0.15) is 21.9 Å². The van der Waals surface area contributed by atoms with E-state index in [1.54, 1.807) is 43.5 Å². The molecule has 0 radical (unpaired) electrons. The van der Waals surface area contributed by atoms with Crippen LogP contribution < -0.4 is 16.2 Å². The maximum Gasteiger partial charge on any atom is 0.337 e. The molecule has 0 atom stereocenters. The molecule has 0 spiro atoms. The van der Waals surface area contributed by atoms with Crippen molar-refractivity contribution in [3.63, 3.8) is 0 Å². The molecular formula is C21H21N7O4S. The van der Waals surface area contributed by atoms with Crippen molar-refractivity contribution in [3.05, 3.63) is 64.1 Å². The van der Waals surface area contributed by atoms with E-state index in [1.165, 1.54) is 35.6 Å². The highest BCUT2D eigenvalue weighted by Gasteiger charge is 2.17. The molecule has 0 fully saturated rings. The Morgan fingerprint density at radius 2 is 2.03 bits per heavy atom. The number of carbonyl (C=O) groups excluding carboxylic acids is 1. The number of esters is 1. The maximum atomic E-state index is 13.3. The minimum Gasteiger partial charge on any atom is -0.467 e. The molecule has 2 N–H and O–H groups in total. The lowest BCUT2D eigenvalue weighted by molar-refractivity contribution is 0.0601. The van der Waals surface area contributed by atoms with Crippen LogP contribution in [-0.4, -0.2) is 51.7 Å². The van der Waals surface area contributed by atoms with Gasteiger partial charge in [-0.25, -0.2) is 9.78 Å². The van der Waals surface area contributed by atoms with E-state index < -0.39 is 5.97 Å². The minimum atomic E-state index is -0.510. The molecule has 0 bridgehead atoms. The number of nitrogens with zero attached hydrogens (tertiary/aromatic N) is 6. The van der Waals surface area contributed by atoms with Gasteiger partial charge in [0.25, 0.3) is 5.56 Å². The van der Waals surface area contributed by atoms with E-state index in [0.717, 1.165) is 0 Å². The zero-order chi connectivity index (χ0) is 23.5. The smallest absolute Gasteiger partial charge is 0.337 e. The number of nitrogens with two attached hydrogens (primary N) is 1. The first-order chi connectivity index (χ1) is 15.9. The highest BCUT2D eigenvalue weighted by molar-refractivity contribution is 7.98. The number of carbonyl (C=O) groups is 1. The second-order valence-corrected chi connectivity index (χ2v) is 8.12. The highest BCUT2D eigenvalue weighted by atomic mass is 32.2. The Morgan fingerprint density at radius 3 is 2.73 bits per heavy atom. The minimum absolute atomic E-state index is 0.103. The Hall–Kier alpha value is -3.93. The summed E-state index contributed by atoms with van der Waals surface area (Å²) in [5, 5.41) is 0.786. The molecule has 0 saturated heterocycles. The number of anilines is 2. The molecule has 3 aromatic heterocycles. The Kier molecular flexibility index (Phi) is 6.27. The number of hydrogen-bond donors (Lipinski definition) is 1. The van der Waals surface area contributed by atoms with E-state index >= 15 is 0 Å². The summed E-state index contributed by atoms with van der Waals surface area (Å²) in [4.78, 5) is 44.3. The van der Waals surface area contributed by atoms with Crippen molar-refractivity contribution in [2.75, 3.05) is 31.8 Å². The number of furan rings is 1. The van der Waals surface area contributed by atoms with Gasteiger partial charge in [-0.05, 0) is 30.3 Å². The fraction of sp³-hybridized carbons (Fsp3) is 0.238. The van der Waals surface area contributed by atoms with Crippen LogP contribution in [0, 0.1) is 0 Å². The third kappa shape index (κ3) is 4.80. The van der Waals surface area contributed by atoms with Gasteiger partial charge in [-0.2, -0.15) is 15.0 Å². The number of aromatic nitrogens is 5. The predicted molar refractivity (Wildman–Crippen MR) is 123 cm³/mol. The first-order valence-electron chi connectivity index (χ1n) is 9.81. The van der Waals surface area contributed by atoms with Gasteiger partial charge in [0.1, 0.15) is 11.6 Å². The Balaban J connectivity index is 1.76. The molecule has 0 unspecified atom stereocenters. The summed E-state index contributed by atoms with van der Waals surface area (Å²) >= 11 is 1.27. The zero-order valence-electron chi connectivity index (χ0n) is 18.2. The van der Waals surface area contributed by atoms with E-state index in [1.807, 2.05) is 0 Å². The van der Waals surface area contributed by atoms with Gasteiger partial charge in [-0.1, -0.05) is 11.8 Å². The van der Waals surface area contributed by atoms with Gasteiger partial charge in [-0.3, -0.25) is 9.36 Å². The van der Waals surface area contributed by atoms with Gasteiger partial charge in [0.2, 0.25) is 11.9 Å². The molecule has 1 aromatic carbocycles. The molecule has 33 heavy (non-hydrogen) atoms. The van der Waals surface area contributed by atoms with E-state index in [-0.39, 0.29) is 18.1 Å². The lowest BCUT2D eigenvalue weighted by atomic mass is 10.1. The summed E-state index contributed by atoms with van der Waals surface area (Å²) in [7, 11) is 4.90. The van der Waals surface area contributed by atoms with Crippen molar-refractivity contribution in [3.8, 4) is 0 Å². The lowest BCUT2D eigenvalue weighted by Crippen LogP contribution is -2.24. The van der Waals surface area contributed by atoms with Crippen molar-refractivity contribution in [1.29, 1.82) is 0 Å². The van der Waals surface area contributed by atoms with Crippen LogP contribution in [-0.2, 0) is 17.0 Å². The standard InChI is InChI=1S/C21H21N7O4S/c1-27(2)20-25-16(24-19(22)26-20)11-33-21-23-15-9-12(18(30)31-3)6-7-14(15)17(29)28(21)10-13-5-4-8-32-13/h4-9H,10-11H2,1-3H3,(H2,22,24,25,26). The summed E-state index contributed by atoms with van der Waals surface area (Å²) < 4.78 is 11.7. The topological polar surface area (TPSA) is 142 Å². The van der Waals surface area contributed by atoms with Crippen LogP contribution in [0.15, 0.2) is 51.0 Å². The summed E-state index contributed by atoms with van der Waals surface area (Å²) in [6.07, 6.45) is 1.54. The van der Waals surface area contributed by atoms with Crippen LogP contribution in [0.3, 0.4) is 0 Å². The largest absolute Gasteiger partial charge is 0.467 e. The SMILES string of the molecule is COC(=O)c1ccc2c(=O)n(Cc3ccco3)c(SCc3nc(N)nc(N(C)C)n3)nc2c1. The maximum absolute atomic E-state index is 13.3. The van der Waals surface area contributed by atoms with Crippen LogP contribution >= 0.6 is 11.8 Å². The Labute approximate surface area is 192 Å². The molecule has 12 heteroatoms. The van der Waals surface area contributed by atoms with Gasteiger partial charge in [0.05, 0.1) is 42.1 Å². The fourth-order valence-electron chi connectivity index (χ4n) is 3.07. The summed E-state index contributed by atoms with van der Waals surface area (Å²) in [6.45, 7) is 0.193. The van der Waals surface area contributed by atoms with Gasteiger partial charge in [0, 0.05) is 14.1 Å². The third-order valence-corrected chi connectivity index (χ3v) is 5.63. The van der Waals surface area contributed by atoms with Gasteiger partial charge >= 0.3 is 5.97 Å². The summed E-state index contributed by atoms with van der Waals surface area (Å²) in [5.74, 6) is 1.36. The second-order valence-electron chi connectivity index (χ2n) is 7.18. The molecule has 0 aliphatic rings. The number of fused-ring (bicyclic) bond motifs is 1. The number of hydrogen-bond acceptors (Lipinski definition) is 11. The van der Waals surface area contributed by atoms with E-state index in [4.69, 9.17) is 14.9 Å². The summed E-state index contributed by atoms with van der Waals surface area (Å²) in [6, 6.07) is 8.18. The molecule has 4 aromatic rings. The molecule has 4 rings (SSSR count). The highest BCUT2D eigenvalue weighted by Crippen LogP contribution is 2.23. The van der Waals surface area contributed by atoms with Crippen LogP contribution in [0.4, 0.5) is 11.9 Å². The second kappa shape index (κ2) is 9.28. The third-order valence-electron chi connectivity index (χ3n) is 4.65. The summed E-state index contributed by atoms with van der Waals surface area (Å²) in [5.41, 5.74) is 6.24. The number of methoxy groups -OCH3 is 1. The van der Waals surface area contributed by atoms with Crippen LogP contribution in [0.5, 0.6) is 0 Å². The van der Waals surface area contributed by atoms with Gasteiger partial charge in [0.15, 0.2) is 5.16 Å². The van der Waals surface area contributed by atoms with E-state index in [2.05, 4.69) is 19.9 Å². The average molecular weight is 468 g/mol. The zero-order valence-corrected chi connectivity index (χ0v) is 19.0. The molecule has 3 heterocycles. The molecule has 0 aliphatic heterocycles. The number of benzene rings is 1. The molecule has 170 valence electrons. The van der Waals surface area contributed by atoms with E-state index in [0.29, 0.717) is 44.9 Å². The van der Waals surface area contributed by atoms with Crippen molar-refractivity contribution in [2.24, 2.45) is 0 Å². The predicted octanol–water partition coefficient (Wildman–Crippen LogP) is 1.95. The van der Waals surface area contributed by atoms with Crippen LogP contribution in [0.25, 0.3) is 10.9 Å². The Bertz CT molecular complexity index is 1370. The number of nitrogen functional groups attached to an aromatic ring is 1. The quantitative estimate of drug-likeness (QED) is 0.242. The van der Waals surface area contributed by atoms with E-state index in [9.17, 15) is 9.59 Å². The monoisotopic (exact) mass is 467 g/mol. The normalized spacial score (nSPS) is 11.0. The van der Waals surface area contributed by atoms with Gasteiger partial charge < -0.3 is 19.8 Å². The fourth-order valence-corrected chi connectivity index (χ4v) is 3.93. The number of ether oxygens (including phenoxy) is 1. The lowest BCUT2D eigenvalue weighted by Gasteiger charge is -2.13.